The molecule has 4 heteroatoms. The molecule has 0 bridgehead atoms. The standard InChI is InChI=1S/C21H26N2O2/c1-17-7-5-10-19(15-17)21(25)23-12-6-11-22(13-14-23)16-20(24)18-8-3-2-4-9-18/h2-5,7-10,15,20,24H,6,11-14,16H2,1H3. The highest BCUT2D eigenvalue weighted by Crippen LogP contribution is 2.16. The van der Waals surface area contributed by atoms with E-state index >= 15 is 0 Å². The van der Waals surface area contributed by atoms with Crippen LogP contribution < -0.4 is 0 Å². The van der Waals surface area contributed by atoms with Crippen molar-refractivity contribution >= 4 is 5.91 Å². The maximum absolute atomic E-state index is 12.7. The highest BCUT2D eigenvalue weighted by molar-refractivity contribution is 5.94. The van der Waals surface area contributed by atoms with Crippen LogP contribution in [0.2, 0.25) is 0 Å². The molecule has 2 aromatic carbocycles. The molecule has 1 heterocycles. The Hall–Kier alpha value is -2.17. The third kappa shape index (κ3) is 4.68. The van der Waals surface area contributed by atoms with E-state index in [1.807, 2.05) is 66.4 Å². The van der Waals surface area contributed by atoms with Crippen molar-refractivity contribution < 1.29 is 9.90 Å². The lowest BCUT2D eigenvalue weighted by molar-refractivity contribution is 0.0754. The molecule has 4 nitrogen and oxygen atoms in total. The summed E-state index contributed by atoms with van der Waals surface area (Å²) in [5, 5.41) is 10.4. The number of β-amino-alcohol motifs (C(OH)–C–C–N with tert-alkyl or cyclic N) is 1. The van der Waals surface area contributed by atoms with E-state index in [-0.39, 0.29) is 5.91 Å². The normalized spacial score (nSPS) is 17.1. The van der Waals surface area contributed by atoms with Gasteiger partial charge in [-0.05, 0) is 31.0 Å². The molecule has 0 saturated carbocycles. The van der Waals surface area contributed by atoms with Gasteiger partial charge in [0, 0.05) is 38.3 Å². The molecule has 0 spiro atoms. The molecule has 1 unspecified atom stereocenters. The lowest BCUT2D eigenvalue weighted by atomic mass is 10.1. The van der Waals surface area contributed by atoms with Gasteiger partial charge in [-0.25, -0.2) is 0 Å². The van der Waals surface area contributed by atoms with Crippen molar-refractivity contribution in [2.75, 3.05) is 32.7 Å². The fraction of sp³-hybridized carbons (Fsp3) is 0.381. The molecule has 0 radical (unpaired) electrons. The summed E-state index contributed by atoms with van der Waals surface area (Å²) in [5.74, 6) is 0.106. The Morgan fingerprint density at radius 3 is 2.60 bits per heavy atom. The van der Waals surface area contributed by atoms with Gasteiger partial charge < -0.3 is 10.0 Å². The number of hydrogen-bond acceptors (Lipinski definition) is 3. The molecule has 1 fully saturated rings. The van der Waals surface area contributed by atoms with Gasteiger partial charge in [-0.15, -0.1) is 0 Å². The fourth-order valence-electron chi connectivity index (χ4n) is 3.34. The van der Waals surface area contributed by atoms with Crippen LogP contribution in [-0.4, -0.2) is 53.5 Å². The summed E-state index contributed by atoms with van der Waals surface area (Å²) >= 11 is 0. The van der Waals surface area contributed by atoms with E-state index in [4.69, 9.17) is 0 Å². The Morgan fingerprint density at radius 2 is 1.84 bits per heavy atom. The lowest BCUT2D eigenvalue weighted by Gasteiger charge is -2.24. The number of aryl methyl sites for hydroxylation is 1. The average Bonchev–Trinajstić information content (AvgIpc) is 2.87. The van der Waals surface area contributed by atoms with Crippen LogP contribution in [0.25, 0.3) is 0 Å². The number of carbonyl (C=O) groups excluding carboxylic acids is 1. The minimum atomic E-state index is -0.486. The second-order valence-corrected chi connectivity index (χ2v) is 6.74. The quantitative estimate of drug-likeness (QED) is 0.932. The zero-order valence-corrected chi connectivity index (χ0v) is 14.8. The Labute approximate surface area is 149 Å². The maximum atomic E-state index is 12.7. The van der Waals surface area contributed by atoms with Crippen molar-refractivity contribution in [1.82, 2.24) is 9.80 Å². The molecule has 0 aliphatic carbocycles. The van der Waals surface area contributed by atoms with Crippen LogP contribution in [0.15, 0.2) is 54.6 Å². The Bertz CT molecular complexity index is 702. The first kappa shape index (κ1) is 17.6. The van der Waals surface area contributed by atoms with Crippen molar-refractivity contribution in [3.05, 3.63) is 71.3 Å². The molecule has 1 atom stereocenters. The molecule has 132 valence electrons. The molecule has 1 N–H and O–H groups in total. The largest absolute Gasteiger partial charge is 0.387 e. The molecular formula is C21H26N2O2. The van der Waals surface area contributed by atoms with E-state index in [2.05, 4.69) is 4.90 Å². The summed E-state index contributed by atoms with van der Waals surface area (Å²) in [6.07, 6.45) is 0.444. The first-order chi connectivity index (χ1) is 12.1. The zero-order valence-electron chi connectivity index (χ0n) is 14.8. The van der Waals surface area contributed by atoms with Crippen LogP contribution in [0, 0.1) is 6.92 Å². The number of nitrogens with zero attached hydrogens (tertiary/aromatic N) is 2. The van der Waals surface area contributed by atoms with Crippen molar-refractivity contribution in [3.63, 3.8) is 0 Å². The second-order valence-electron chi connectivity index (χ2n) is 6.74. The number of carbonyl (C=O) groups is 1. The van der Waals surface area contributed by atoms with E-state index in [1.54, 1.807) is 0 Å². The summed E-state index contributed by atoms with van der Waals surface area (Å²) in [5.41, 5.74) is 2.81. The van der Waals surface area contributed by atoms with Gasteiger partial charge in [0.15, 0.2) is 0 Å². The zero-order chi connectivity index (χ0) is 17.6. The Morgan fingerprint density at radius 1 is 1.04 bits per heavy atom. The number of benzene rings is 2. The molecule has 0 aromatic heterocycles. The van der Waals surface area contributed by atoms with Gasteiger partial charge in [-0.2, -0.15) is 0 Å². The minimum Gasteiger partial charge on any atom is -0.387 e. The lowest BCUT2D eigenvalue weighted by Crippen LogP contribution is -2.36. The van der Waals surface area contributed by atoms with Gasteiger partial charge in [0.1, 0.15) is 0 Å². The van der Waals surface area contributed by atoms with Crippen LogP contribution in [0.3, 0.4) is 0 Å². The van der Waals surface area contributed by atoms with Crippen molar-refractivity contribution in [2.24, 2.45) is 0 Å². The summed E-state index contributed by atoms with van der Waals surface area (Å²) in [6, 6.07) is 17.5. The second kappa shape index (κ2) is 8.28. The number of amides is 1. The monoisotopic (exact) mass is 338 g/mol. The number of aliphatic hydroxyl groups excluding tert-OH is 1. The molecule has 1 amide bonds. The predicted octanol–water partition coefficient (Wildman–Crippen LogP) is 2.88. The highest BCUT2D eigenvalue weighted by Gasteiger charge is 2.22. The van der Waals surface area contributed by atoms with E-state index in [0.29, 0.717) is 13.1 Å². The SMILES string of the molecule is Cc1cccc(C(=O)N2CCCN(CC(O)c3ccccc3)CC2)c1. The van der Waals surface area contributed by atoms with Crippen LogP contribution in [-0.2, 0) is 0 Å². The number of aliphatic hydroxyl groups is 1. The topological polar surface area (TPSA) is 43.8 Å². The van der Waals surface area contributed by atoms with Crippen LogP contribution >= 0.6 is 0 Å². The molecule has 1 aliphatic rings. The van der Waals surface area contributed by atoms with Gasteiger partial charge in [-0.1, -0.05) is 48.0 Å². The van der Waals surface area contributed by atoms with Gasteiger partial charge in [0.25, 0.3) is 5.91 Å². The fourth-order valence-corrected chi connectivity index (χ4v) is 3.34. The van der Waals surface area contributed by atoms with Gasteiger partial charge in [0.05, 0.1) is 6.10 Å². The van der Waals surface area contributed by atoms with Crippen LogP contribution in [0.4, 0.5) is 0 Å². The van der Waals surface area contributed by atoms with Crippen molar-refractivity contribution in [2.45, 2.75) is 19.4 Å². The number of rotatable bonds is 4. The van der Waals surface area contributed by atoms with E-state index in [9.17, 15) is 9.90 Å². The Kier molecular flexibility index (Phi) is 5.84. The van der Waals surface area contributed by atoms with Gasteiger partial charge in [0.2, 0.25) is 0 Å². The molecule has 1 saturated heterocycles. The summed E-state index contributed by atoms with van der Waals surface area (Å²) in [7, 11) is 0. The van der Waals surface area contributed by atoms with Crippen molar-refractivity contribution in [3.8, 4) is 0 Å². The van der Waals surface area contributed by atoms with Crippen LogP contribution in [0.1, 0.15) is 34.0 Å². The molecule has 1 aliphatic heterocycles. The van der Waals surface area contributed by atoms with Gasteiger partial charge >= 0.3 is 0 Å². The highest BCUT2D eigenvalue weighted by atomic mass is 16.3. The number of hydrogen-bond donors (Lipinski definition) is 1. The van der Waals surface area contributed by atoms with Crippen molar-refractivity contribution in [1.29, 1.82) is 0 Å². The molecular weight excluding hydrogens is 312 g/mol. The van der Waals surface area contributed by atoms with E-state index in [0.717, 1.165) is 42.7 Å². The third-order valence-corrected chi connectivity index (χ3v) is 4.76. The molecule has 3 rings (SSSR count). The van der Waals surface area contributed by atoms with E-state index in [1.165, 1.54) is 0 Å². The van der Waals surface area contributed by atoms with Crippen LogP contribution in [0.5, 0.6) is 0 Å². The summed E-state index contributed by atoms with van der Waals surface area (Å²) < 4.78 is 0. The summed E-state index contributed by atoms with van der Waals surface area (Å²) in [4.78, 5) is 16.9. The van der Waals surface area contributed by atoms with E-state index < -0.39 is 6.10 Å². The Balaban J connectivity index is 1.58. The molecule has 25 heavy (non-hydrogen) atoms. The molecule has 2 aromatic rings. The minimum absolute atomic E-state index is 0.106. The third-order valence-electron chi connectivity index (χ3n) is 4.76. The smallest absolute Gasteiger partial charge is 0.253 e. The first-order valence-electron chi connectivity index (χ1n) is 8.95. The summed E-state index contributed by atoms with van der Waals surface area (Å²) in [6.45, 7) is 5.78. The van der Waals surface area contributed by atoms with Gasteiger partial charge in [-0.3, -0.25) is 9.69 Å². The maximum Gasteiger partial charge on any atom is 0.253 e. The average molecular weight is 338 g/mol. The first-order valence-corrected chi connectivity index (χ1v) is 8.95. The predicted molar refractivity (Wildman–Crippen MR) is 99.5 cm³/mol.